The molecule has 0 radical (unpaired) electrons. The highest BCUT2D eigenvalue weighted by Gasteiger charge is 2.39. The number of carboxylic acid groups (broad SMARTS) is 1. The van der Waals surface area contributed by atoms with Crippen LogP contribution in [0, 0.1) is 5.92 Å². The van der Waals surface area contributed by atoms with Crippen molar-refractivity contribution in [3.05, 3.63) is 0 Å². The largest absolute Gasteiger partial charge is 0.480 e. The Labute approximate surface area is 125 Å². The molecule has 0 bridgehead atoms. The minimum Gasteiger partial charge on any atom is -0.480 e. The maximum absolute atomic E-state index is 12.7. The SMILES string of the molecule is CC1CCN(C(=O)N2CCCC2CCCO)C(C(=O)O)C1. The number of hydrogen-bond acceptors (Lipinski definition) is 3. The van der Waals surface area contributed by atoms with Crippen LogP contribution in [0.4, 0.5) is 4.79 Å². The van der Waals surface area contributed by atoms with Gasteiger partial charge in [-0.2, -0.15) is 0 Å². The second-order valence-electron chi connectivity index (χ2n) is 6.31. The Morgan fingerprint density at radius 1 is 1.19 bits per heavy atom. The quantitative estimate of drug-likeness (QED) is 0.824. The Kier molecular flexibility index (Phi) is 5.45. The molecule has 6 nitrogen and oxygen atoms in total. The zero-order valence-electron chi connectivity index (χ0n) is 12.7. The molecule has 0 aromatic heterocycles. The molecule has 0 saturated carbocycles. The molecule has 2 aliphatic heterocycles. The van der Waals surface area contributed by atoms with Crippen molar-refractivity contribution in [2.45, 2.75) is 57.5 Å². The molecule has 0 aliphatic carbocycles. The first-order chi connectivity index (χ1) is 10.0. The summed E-state index contributed by atoms with van der Waals surface area (Å²) in [6, 6.07) is -0.673. The molecule has 0 aromatic carbocycles. The van der Waals surface area contributed by atoms with Crippen molar-refractivity contribution in [1.29, 1.82) is 0 Å². The van der Waals surface area contributed by atoms with E-state index >= 15 is 0 Å². The Morgan fingerprint density at radius 2 is 1.95 bits per heavy atom. The highest BCUT2D eigenvalue weighted by molar-refractivity contribution is 5.83. The summed E-state index contributed by atoms with van der Waals surface area (Å²) in [5, 5.41) is 18.3. The normalized spacial score (nSPS) is 29.7. The number of nitrogens with zero attached hydrogens (tertiary/aromatic N) is 2. The van der Waals surface area contributed by atoms with Crippen molar-refractivity contribution < 1.29 is 19.8 Å². The van der Waals surface area contributed by atoms with Crippen molar-refractivity contribution in [2.24, 2.45) is 5.92 Å². The molecule has 2 saturated heterocycles. The van der Waals surface area contributed by atoms with Crippen LogP contribution >= 0.6 is 0 Å². The number of rotatable bonds is 4. The Bertz CT molecular complexity index is 388. The lowest BCUT2D eigenvalue weighted by atomic mass is 9.92. The molecule has 3 atom stereocenters. The minimum atomic E-state index is -0.902. The first kappa shape index (κ1) is 16.1. The highest BCUT2D eigenvalue weighted by Crippen LogP contribution is 2.28. The zero-order chi connectivity index (χ0) is 15.4. The van der Waals surface area contributed by atoms with Crippen LogP contribution in [0.3, 0.4) is 0 Å². The molecule has 120 valence electrons. The average Bonchev–Trinajstić information content (AvgIpc) is 2.92. The maximum atomic E-state index is 12.7. The van der Waals surface area contributed by atoms with Gasteiger partial charge in [0.15, 0.2) is 0 Å². The van der Waals surface area contributed by atoms with Gasteiger partial charge in [-0.05, 0) is 44.4 Å². The van der Waals surface area contributed by atoms with Gasteiger partial charge in [0.2, 0.25) is 0 Å². The predicted octanol–water partition coefficient (Wildman–Crippen LogP) is 1.53. The Balaban J connectivity index is 2.04. The number of amides is 2. The number of hydrogen-bond donors (Lipinski definition) is 2. The van der Waals surface area contributed by atoms with Gasteiger partial charge in [0.25, 0.3) is 0 Å². The lowest BCUT2D eigenvalue weighted by molar-refractivity contribution is -0.144. The van der Waals surface area contributed by atoms with Gasteiger partial charge in [0.1, 0.15) is 6.04 Å². The fourth-order valence-corrected chi connectivity index (χ4v) is 3.48. The smallest absolute Gasteiger partial charge is 0.326 e. The first-order valence-electron chi connectivity index (χ1n) is 7.95. The van der Waals surface area contributed by atoms with Crippen LogP contribution < -0.4 is 0 Å². The molecule has 2 aliphatic rings. The number of carbonyl (C=O) groups excluding carboxylic acids is 1. The van der Waals surface area contributed by atoms with E-state index in [1.165, 1.54) is 0 Å². The van der Waals surface area contributed by atoms with E-state index in [1.54, 1.807) is 4.90 Å². The first-order valence-corrected chi connectivity index (χ1v) is 7.95. The third-order valence-corrected chi connectivity index (χ3v) is 4.71. The number of likely N-dealkylation sites (tertiary alicyclic amines) is 2. The van der Waals surface area contributed by atoms with Crippen LogP contribution in [-0.2, 0) is 4.79 Å². The van der Waals surface area contributed by atoms with Gasteiger partial charge >= 0.3 is 12.0 Å². The van der Waals surface area contributed by atoms with Crippen LogP contribution in [0.1, 0.15) is 45.4 Å². The summed E-state index contributed by atoms with van der Waals surface area (Å²) < 4.78 is 0. The Hall–Kier alpha value is -1.30. The van der Waals surface area contributed by atoms with Crippen LogP contribution in [0.5, 0.6) is 0 Å². The molecular formula is C15H26N2O4. The van der Waals surface area contributed by atoms with Crippen LogP contribution in [0.25, 0.3) is 0 Å². The molecule has 2 amide bonds. The van der Waals surface area contributed by atoms with E-state index in [9.17, 15) is 14.7 Å². The molecule has 2 fully saturated rings. The molecule has 21 heavy (non-hydrogen) atoms. The van der Waals surface area contributed by atoms with Gasteiger partial charge in [-0.25, -0.2) is 9.59 Å². The summed E-state index contributed by atoms with van der Waals surface area (Å²) in [5.41, 5.74) is 0. The molecular weight excluding hydrogens is 272 g/mol. The van der Waals surface area contributed by atoms with Gasteiger partial charge in [0, 0.05) is 25.7 Å². The summed E-state index contributed by atoms with van der Waals surface area (Å²) in [5.74, 6) is -0.556. The fourth-order valence-electron chi connectivity index (χ4n) is 3.48. The molecule has 2 rings (SSSR count). The van der Waals surface area contributed by atoms with Crippen molar-refractivity contribution in [2.75, 3.05) is 19.7 Å². The minimum absolute atomic E-state index is 0.130. The molecule has 2 heterocycles. The predicted molar refractivity (Wildman–Crippen MR) is 78.0 cm³/mol. The van der Waals surface area contributed by atoms with E-state index in [2.05, 4.69) is 0 Å². The Morgan fingerprint density at radius 3 is 2.62 bits per heavy atom. The lowest BCUT2D eigenvalue weighted by Crippen LogP contribution is -2.55. The van der Waals surface area contributed by atoms with Gasteiger partial charge < -0.3 is 20.0 Å². The van der Waals surface area contributed by atoms with E-state index < -0.39 is 12.0 Å². The van der Waals surface area contributed by atoms with E-state index in [-0.39, 0.29) is 18.7 Å². The number of aliphatic hydroxyl groups is 1. The van der Waals surface area contributed by atoms with Crippen LogP contribution in [0.2, 0.25) is 0 Å². The number of aliphatic hydroxyl groups excluding tert-OH is 1. The monoisotopic (exact) mass is 298 g/mol. The van der Waals surface area contributed by atoms with Gasteiger partial charge in [0.05, 0.1) is 0 Å². The average molecular weight is 298 g/mol. The third-order valence-electron chi connectivity index (χ3n) is 4.71. The second kappa shape index (κ2) is 7.11. The topological polar surface area (TPSA) is 81.1 Å². The van der Waals surface area contributed by atoms with E-state index in [4.69, 9.17) is 5.11 Å². The number of carboxylic acids is 1. The molecule has 3 unspecified atom stereocenters. The molecule has 0 spiro atoms. The lowest BCUT2D eigenvalue weighted by Gasteiger charge is -2.39. The maximum Gasteiger partial charge on any atom is 0.326 e. The molecule has 6 heteroatoms. The number of piperidine rings is 1. The summed E-state index contributed by atoms with van der Waals surface area (Å²) in [4.78, 5) is 27.5. The van der Waals surface area contributed by atoms with Gasteiger partial charge in [-0.3, -0.25) is 0 Å². The number of aliphatic carboxylic acids is 1. The summed E-state index contributed by atoms with van der Waals surface area (Å²) in [6.45, 7) is 3.41. The van der Waals surface area contributed by atoms with Gasteiger partial charge in [-0.15, -0.1) is 0 Å². The molecule has 2 N–H and O–H groups in total. The van der Waals surface area contributed by atoms with Crippen LogP contribution in [0.15, 0.2) is 0 Å². The summed E-state index contributed by atoms with van der Waals surface area (Å²) >= 11 is 0. The molecule has 0 aromatic rings. The van der Waals surface area contributed by atoms with E-state index in [0.29, 0.717) is 31.8 Å². The van der Waals surface area contributed by atoms with Crippen molar-refractivity contribution >= 4 is 12.0 Å². The van der Waals surface area contributed by atoms with Crippen molar-refractivity contribution in [1.82, 2.24) is 9.80 Å². The standard InChI is InChI=1S/C15H26N2O4/c1-11-6-8-17(13(10-11)14(19)20)15(21)16-7-2-4-12(16)5-3-9-18/h11-13,18H,2-10H2,1H3,(H,19,20). The number of carbonyl (C=O) groups is 2. The van der Waals surface area contributed by atoms with E-state index in [0.717, 1.165) is 25.7 Å². The highest BCUT2D eigenvalue weighted by atomic mass is 16.4. The van der Waals surface area contributed by atoms with Crippen LogP contribution in [-0.4, -0.2) is 63.8 Å². The summed E-state index contributed by atoms with van der Waals surface area (Å²) in [6.07, 6.45) is 4.80. The fraction of sp³-hybridized carbons (Fsp3) is 0.867. The zero-order valence-corrected chi connectivity index (χ0v) is 12.7. The van der Waals surface area contributed by atoms with Crippen molar-refractivity contribution in [3.63, 3.8) is 0 Å². The third kappa shape index (κ3) is 3.67. The van der Waals surface area contributed by atoms with Gasteiger partial charge in [-0.1, -0.05) is 6.92 Å². The number of urea groups is 1. The van der Waals surface area contributed by atoms with Crippen molar-refractivity contribution in [3.8, 4) is 0 Å². The second-order valence-corrected chi connectivity index (χ2v) is 6.31. The van der Waals surface area contributed by atoms with E-state index in [1.807, 2.05) is 11.8 Å². The summed E-state index contributed by atoms with van der Waals surface area (Å²) in [7, 11) is 0.